The summed E-state index contributed by atoms with van der Waals surface area (Å²) in [5.74, 6) is -1.91. The molecule has 0 unspecified atom stereocenters. The summed E-state index contributed by atoms with van der Waals surface area (Å²) in [5, 5.41) is 14.0. The van der Waals surface area contributed by atoms with E-state index in [0.29, 0.717) is 0 Å². The van der Waals surface area contributed by atoms with Gasteiger partial charge in [0.15, 0.2) is 0 Å². The molecule has 0 saturated carbocycles. The number of rotatable bonds is 11. The van der Waals surface area contributed by atoms with E-state index in [0.717, 1.165) is 15.3 Å². The van der Waals surface area contributed by atoms with Crippen molar-refractivity contribution in [1.29, 1.82) is 0 Å². The first kappa shape index (κ1) is 28.3. The fourth-order valence-electron chi connectivity index (χ4n) is 3.72. The number of halogens is 1. The van der Waals surface area contributed by atoms with Crippen LogP contribution in [0, 0.1) is 15.9 Å². The van der Waals surface area contributed by atoms with E-state index in [9.17, 15) is 32.5 Å². The fourth-order valence-corrected chi connectivity index (χ4v) is 5.15. The molecule has 3 aromatic carbocycles. The fraction of sp³-hybridized carbons (Fsp3) is 0.231. The number of carbonyl (C=O) groups excluding carboxylic acids is 2. The quantitative estimate of drug-likeness (QED) is 0.292. The largest absolute Gasteiger partial charge is 0.355 e. The van der Waals surface area contributed by atoms with E-state index in [1.54, 1.807) is 19.1 Å². The molecule has 12 heteroatoms. The van der Waals surface area contributed by atoms with Crippen LogP contribution in [-0.4, -0.2) is 49.2 Å². The van der Waals surface area contributed by atoms with Crippen LogP contribution in [0.5, 0.6) is 0 Å². The van der Waals surface area contributed by atoms with Crippen molar-refractivity contribution in [1.82, 2.24) is 10.2 Å². The van der Waals surface area contributed by atoms with Crippen molar-refractivity contribution in [3.63, 3.8) is 0 Å². The molecule has 0 bridgehead atoms. The van der Waals surface area contributed by atoms with Gasteiger partial charge in [0, 0.05) is 30.8 Å². The number of anilines is 1. The summed E-state index contributed by atoms with van der Waals surface area (Å²) in [6, 6.07) is 16.8. The van der Waals surface area contributed by atoms with Crippen molar-refractivity contribution in [2.75, 3.05) is 17.4 Å². The molecule has 0 saturated heterocycles. The highest BCUT2D eigenvalue weighted by molar-refractivity contribution is 7.92. The molecule has 0 heterocycles. The number of benzene rings is 3. The third-order valence-corrected chi connectivity index (χ3v) is 7.54. The van der Waals surface area contributed by atoms with Crippen LogP contribution in [-0.2, 0) is 26.2 Å². The molecule has 0 aliphatic rings. The maximum atomic E-state index is 14.5. The molecule has 1 N–H and O–H groups in total. The Kier molecular flexibility index (Phi) is 9.13. The van der Waals surface area contributed by atoms with Gasteiger partial charge in [-0.25, -0.2) is 12.8 Å². The van der Waals surface area contributed by atoms with Crippen molar-refractivity contribution in [2.45, 2.75) is 31.3 Å². The average molecular weight is 543 g/mol. The number of nitro benzene ring substituents is 1. The van der Waals surface area contributed by atoms with Gasteiger partial charge in [0.25, 0.3) is 15.7 Å². The molecule has 0 aliphatic carbocycles. The highest BCUT2D eigenvalue weighted by Gasteiger charge is 2.33. The highest BCUT2D eigenvalue weighted by Crippen LogP contribution is 2.27. The van der Waals surface area contributed by atoms with Gasteiger partial charge in [-0.2, -0.15) is 0 Å². The predicted molar refractivity (Wildman–Crippen MR) is 139 cm³/mol. The molecule has 0 spiro atoms. The number of hydrogen-bond donors (Lipinski definition) is 1. The normalized spacial score (nSPS) is 11.9. The number of carbonyl (C=O) groups is 2. The number of nitrogens with zero attached hydrogens (tertiary/aromatic N) is 3. The SMILES string of the molecule is CCNC(=O)[C@@H](C)N(Cc1ccccc1F)C(=O)CN(c1cccc([N+](=O)[O-])c1)S(=O)(=O)c1ccccc1. The lowest BCUT2D eigenvalue weighted by atomic mass is 10.1. The maximum absolute atomic E-state index is 14.5. The van der Waals surface area contributed by atoms with E-state index >= 15 is 0 Å². The molecular formula is C26H27FN4O6S. The van der Waals surface area contributed by atoms with E-state index in [2.05, 4.69) is 5.32 Å². The third kappa shape index (κ3) is 6.51. The minimum atomic E-state index is -4.37. The Morgan fingerprint density at radius 2 is 1.68 bits per heavy atom. The van der Waals surface area contributed by atoms with Crippen LogP contribution < -0.4 is 9.62 Å². The van der Waals surface area contributed by atoms with E-state index < -0.39 is 45.2 Å². The Hall–Kier alpha value is -4.32. The van der Waals surface area contributed by atoms with Gasteiger partial charge >= 0.3 is 0 Å². The average Bonchev–Trinajstić information content (AvgIpc) is 2.91. The van der Waals surface area contributed by atoms with Crippen molar-refractivity contribution in [2.24, 2.45) is 0 Å². The summed E-state index contributed by atoms with van der Waals surface area (Å²) in [7, 11) is -4.37. The Balaban J connectivity index is 2.07. The monoisotopic (exact) mass is 542 g/mol. The van der Waals surface area contributed by atoms with Gasteiger partial charge in [0.1, 0.15) is 18.4 Å². The number of nitrogens with one attached hydrogen (secondary N) is 1. The molecule has 200 valence electrons. The van der Waals surface area contributed by atoms with Crippen LogP contribution >= 0.6 is 0 Å². The lowest BCUT2D eigenvalue weighted by molar-refractivity contribution is -0.384. The lowest BCUT2D eigenvalue weighted by Crippen LogP contribution is -2.51. The zero-order chi connectivity index (χ0) is 27.9. The topological polar surface area (TPSA) is 130 Å². The molecule has 10 nitrogen and oxygen atoms in total. The number of hydrogen-bond acceptors (Lipinski definition) is 6. The lowest BCUT2D eigenvalue weighted by Gasteiger charge is -2.32. The number of nitro groups is 1. The van der Waals surface area contributed by atoms with E-state index in [1.165, 1.54) is 67.6 Å². The van der Waals surface area contributed by atoms with E-state index in [4.69, 9.17) is 0 Å². The standard InChI is InChI=1S/C26H27FN4O6S/c1-3-28-26(33)19(2)29(17-20-10-7-8-15-24(20)27)25(32)18-30(21-11-9-12-22(16-21)31(34)35)38(36,37)23-13-5-4-6-14-23/h4-16,19H,3,17-18H2,1-2H3,(H,28,33)/t19-/m1/s1. The first-order valence-corrected chi connectivity index (χ1v) is 13.1. The molecule has 3 aromatic rings. The number of sulfonamides is 1. The van der Waals surface area contributed by atoms with Gasteiger partial charge in [-0.05, 0) is 38.1 Å². The van der Waals surface area contributed by atoms with Gasteiger partial charge < -0.3 is 10.2 Å². The number of amides is 2. The van der Waals surface area contributed by atoms with Crippen LogP contribution in [0.2, 0.25) is 0 Å². The van der Waals surface area contributed by atoms with Crippen LogP contribution in [0.15, 0.2) is 83.8 Å². The summed E-state index contributed by atoms with van der Waals surface area (Å²) in [5.41, 5.74) is -0.361. The molecular weight excluding hydrogens is 515 g/mol. The molecule has 2 amide bonds. The minimum absolute atomic E-state index is 0.118. The highest BCUT2D eigenvalue weighted by atomic mass is 32.2. The van der Waals surface area contributed by atoms with Gasteiger partial charge in [0.2, 0.25) is 11.8 Å². The Bertz CT molecular complexity index is 1420. The van der Waals surface area contributed by atoms with Crippen LogP contribution in [0.1, 0.15) is 19.4 Å². The molecule has 3 rings (SSSR count). The van der Waals surface area contributed by atoms with Gasteiger partial charge in [-0.3, -0.25) is 24.0 Å². The summed E-state index contributed by atoms with van der Waals surface area (Å²) < 4.78 is 42.5. The molecule has 0 fully saturated rings. The van der Waals surface area contributed by atoms with Crippen molar-refractivity contribution < 1.29 is 27.3 Å². The first-order valence-electron chi connectivity index (χ1n) is 11.7. The Morgan fingerprint density at radius 3 is 2.32 bits per heavy atom. The molecule has 38 heavy (non-hydrogen) atoms. The van der Waals surface area contributed by atoms with Gasteiger partial charge in [-0.1, -0.05) is 42.5 Å². The summed E-state index contributed by atoms with van der Waals surface area (Å²) in [6.07, 6.45) is 0. The molecule has 0 radical (unpaired) electrons. The second-order valence-corrected chi connectivity index (χ2v) is 10.1. The van der Waals surface area contributed by atoms with Crippen molar-refractivity contribution >= 4 is 33.2 Å². The van der Waals surface area contributed by atoms with Gasteiger partial charge in [0.05, 0.1) is 15.5 Å². The van der Waals surface area contributed by atoms with Gasteiger partial charge in [-0.15, -0.1) is 0 Å². The number of likely N-dealkylation sites (N-methyl/N-ethyl adjacent to an activating group) is 1. The predicted octanol–water partition coefficient (Wildman–Crippen LogP) is 3.48. The van der Waals surface area contributed by atoms with E-state index in [1.807, 2.05) is 0 Å². The van der Waals surface area contributed by atoms with Crippen LogP contribution in [0.3, 0.4) is 0 Å². The Morgan fingerprint density at radius 1 is 1.03 bits per heavy atom. The van der Waals surface area contributed by atoms with E-state index in [-0.39, 0.29) is 34.9 Å². The Labute approximate surface area is 219 Å². The molecule has 1 atom stereocenters. The van der Waals surface area contributed by atoms with Crippen LogP contribution in [0.4, 0.5) is 15.8 Å². The summed E-state index contributed by atoms with van der Waals surface area (Å²) in [6.45, 7) is 2.33. The number of non-ortho nitro benzene ring substituents is 1. The summed E-state index contributed by atoms with van der Waals surface area (Å²) in [4.78, 5) is 38.0. The zero-order valence-electron chi connectivity index (χ0n) is 20.8. The van der Waals surface area contributed by atoms with Crippen molar-refractivity contribution in [3.05, 3.63) is 100 Å². The second kappa shape index (κ2) is 12.3. The first-order chi connectivity index (χ1) is 18.1. The van der Waals surface area contributed by atoms with Crippen molar-refractivity contribution in [3.8, 4) is 0 Å². The second-order valence-electron chi connectivity index (χ2n) is 8.29. The summed E-state index contributed by atoms with van der Waals surface area (Å²) >= 11 is 0. The smallest absolute Gasteiger partial charge is 0.271 e. The minimum Gasteiger partial charge on any atom is -0.355 e. The zero-order valence-corrected chi connectivity index (χ0v) is 21.6. The van der Waals surface area contributed by atoms with Crippen LogP contribution in [0.25, 0.3) is 0 Å². The maximum Gasteiger partial charge on any atom is 0.271 e. The molecule has 0 aliphatic heterocycles. The molecule has 0 aromatic heterocycles. The third-order valence-electron chi connectivity index (χ3n) is 5.76.